The molecule has 0 aliphatic rings. The molecule has 2 aromatic rings. The molecule has 0 saturated heterocycles. The van der Waals surface area contributed by atoms with Crippen LogP contribution >= 0.6 is 11.6 Å². The molecule has 2 N–H and O–H groups in total. The molecule has 4 heteroatoms. The smallest absolute Gasteiger partial charge is 0.142 e. The van der Waals surface area contributed by atoms with Crippen molar-refractivity contribution >= 4 is 23.0 Å². The summed E-state index contributed by atoms with van der Waals surface area (Å²) in [5.41, 5.74) is 2.08. The quantitative estimate of drug-likeness (QED) is 0.730. The van der Waals surface area contributed by atoms with Gasteiger partial charge in [-0.25, -0.2) is 0 Å². The van der Waals surface area contributed by atoms with Crippen molar-refractivity contribution in [3.05, 3.63) is 53.6 Å². The van der Waals surface area contributed by atoms with Gasteiger partial charge in [-0.05, 0) is 50.2 Å². The summed E-state index contributed by atoms with van der Waals surface area (Å²) in [6.07, 6.45) is 0.167. The predicted octanol–water partition coefficient (Wildman–Crippen LogP) is 4.65. The van der Waals surface area contributed by atoms with E-state index in [0.29, 0.717) is 0 Å². The van der Waals surface area contributed by atoms with Gasteiger partial charge in [0.15, 0.2) is 0 Å². The molecule has 0 fully saturated rings. The van der Waals surface area contributed by atoms with Gasteiger partial charge in [-0.15, -0.1) is 0 Å². The number of ether oxygens (including phenoxy) is 1. The molecule has 112 valence electrons. The van der Waals surface area contributed by atoms with Gasteiger partial charge in [0.05, 0.1) is 11.8 Å². The van der Waals surface area contributed by atoms with Crippen LogP contribution < -0.4 is 15.4 Å². The Labute approximate surface area is 131 Å². The van der Waals surface area contributed by atoms with E-state index in [1.807, 2.05) is 62.4 Å². The van der Waals surface area contributed by atoms with Crippen LogP contribution in [0.3, 0.4) is 0 Å². The summed E-state index contributed by atoms with van der Waals surface area (Å²) in [6.45, 7) is 5.68. The second-order valence-electron chi connectivity index (χ2n) is 5.02. The lowest BCUT2D eigenvalue weighted by Gasteiger charge is -2.15. The molecule has 0 heterocycles. The maximum Gasteiger partial charge on any atom is 0.142 e. The summed E-state index contributed by atoms with van der Waals surface area (Å²) in [5.74, 6) is 0.888. The van der Waals surface area contributed by atoms with Crippen LogP contribution in [0, 0.1) is 0 Å². The normalized spacial score (nSPS) is 10.5. The fourth-order valence-corrected chi connectivity index (χ4v) is 2.07. The van der Waals surface area contributed by atoms with E-state index in [2.05, 4.69) is 10.6 Å². The molecule has 0 radical (unpaired) electrons. The lowest BCUT2D eigenvalue weighted by molar-refractivity contribution is 0.243. The molecule has 0 saturated carbocycles. The van der Waals surface area contributed by atoms with Crippen molar-refractivity contribution in [2.75, 3.05) is 23.7 Å². The van der Waals surface area contributed by atoms with Crippen LogP contribution in [0.1, 0.15) is 13.8 Å². The highest BCUT2D eigenvalue weighted by Gasteiger charge is 2.03. The van der Waals surface area contributed by atoms with E-state index in [4.69, 9.17) is 16.3 Å². The van der Waals surface area contributed by atoms with Gasteiger partial charge < -0.3 is 15.4 Å². The van der Waals surface area contributed by atoms with Crippen LogP contribution in [-0.4, -0.2) is 19.2 Å². The fraction of sp³-hybridized carbons (Fsp3) is 0.294. The second-order valence-corrected chi connectivity index (χ2v) is 5.46. The third kappa shape index (κ3) is 5.20. The Hall–Kier alpha value is -1.87. The lowest BCUT2D eigenvalue weighted by Crippen LogP contribution is -2.15. The Morgan fingerprint density at radius 1 is 0.952 bits per heavy atom. The zero-order valence-electron chi connectivity index (χ0n) is 12.4. The maximum atomic E-state index is 5.86. The molecule has 0 bridgehead atoms. The van der Waals surface area contributed by atoms with Crippen molar-refractivity contribution in [3.8, 4) is 5.75 Å². The number of benzene rings is 2. The van der Waals surface area contributed by atoms with Gasteiger partial charge in [0.25, 0.3) is 0 Å². The van der Waals surface area contributed by atoms with Gasteiger partial charge in [-0.2, -0.15) is 0 Å². The first kappa shape index (κ1) is 15.5. The van der Waals surface area contributed by atoms with E-state index in [1.165, 1.54) is 0 Å². The minimum atomic E-state index is 0.167. The molecular formula is C17H21ClN2O. The zero-order valence-corrected chi connectivity index (χ0v) is 13.2. The first-order chi connectivity index (χ1) is 10.1. The van der Waals surface area contributed by atoms with E-state index in [0.717, 1.165) is 35.2 Å². The van der Waals surface area contributed by atoms with E-state index < -0.39 is 0 Å². The Morgan fingerprint density at radius 2 is 1.62 bits per heavy atom. The minimum absolute atomic E-state index is 0.167. The first-order valence-corrected chi connectivity index (χ1v) is 7.52. The monoisotopic (exact) mass is 304 g/mol. The van der Waals surface area contributed by atoms with Crippen LogP contribution in [0.4, 0.5) is 11.4 Å². The Balaban J connectivity index is 1.82. The summed E-state index contributed by atoms with van der Waals surface area (Å²) in [4.78, 5) is 0. The summed E-state index contributed by atoms with van der Waals surface area (Å²) in [7, 11) is 0. The average Bonchev–Trinajstić information content (AvgIpc) is 2.46. The summed E-state index contributed by atoms with van der Waals surface area (Å²) in [6, 6.07) is 15.7. The SMILES string of the molecule is CC(C)Oc1ccccc1NCCNc1ccc(Cl)cc1. The number of anilines is 2. The average molecular weight is 305 g/mol. The molecule has 21 heavy (non-hydrogen) atoms. The van der Waals surface area contributed by atoms with Crippen LogP contribution in [-0.2, 0) is 0 Å². The minimum Gasteiger partial charge on any atom is -0.489 e. The second kappa shape index (κ2) is 7.79. The third-order valence-corrected chi connectivity index (χ3v) is 3.12. The Morgan fingerprint density at radius 3 is 2.33 bits per heavy atom. The predicted molar refractivity (Wildman–Crippen MR) is 90.6 cm³/mol. The lowest BCUT2D eigenvalue weighted by atomic mass is 10.3. The molecule has 0 atom stereocenters. The van der Waals surface area contributed by atoms with Crippen LogP contribution in [0.25, 0.3) is 0 Å². The van der Waals surface area contributed by atoms with Gasteiger partial charge >= 0.3 is 0 Å². The molecule has 0 aliphatic heterocycles. The van der Waals surface area contributed by atoms with Crippen molar-refractivity contribution < 1.29 is 4.74 Å². The molecular weight excluding hydrogens is 284 g/mol. The van der Waals surface area contributed by atoms with Crippen molar-refractivity contribution in [3.63, 3.8) is 0 Å². The van der Waals surface area contributed by atoms with Crippen LogP contribution in [0.5, 0.6) is 5.75 Å². The maximum absolute atomic E-state index is 5.86. The highest BCUT2D eigenvalue weighted by Crippen LogP contribution is 2.24. The van der Waals surface area contributed by atoms with Gasteiger partial charge in [0, 0.05) is 23.8 Å². The van der Waals surface area contributed by atoms with Crippen molar-refractivity contribution in [1.29, 1.82) is 0 Å². The van der Waals surface area contributed by atoms with E-state index in [1.54, 1.807) is 0 Å². The summed E-state index contributed by atoms with van der Waals surface area (Å²) >= 11 is 5.86. The van der Waals surface area contributed by atoms with Crippen LogP contribution in [0.2, 0.25) is 5.02 Å². The van der Waals surface area contributed by atoms with E-state index in [9.17, 15) is 0 Å². The van der Waals surface area contributed by atoms with Gasteiger partial charge in [-0.3, -0.25) is 0 Å². The molecule has 0 amide bonds. The molecule has 0 unspecified atom stereocenters. The number of halogens is 1. The zero-order chi connectivity index (χ0) is 15.1. The number of para-hydroxylation sites is 2. The highest BCUT2D eigenvalue weighted by atomic mass is 35.5. The van der Waals surface area contributed by atoms with E-state index >= 15 is 0 Å². The molecule has 0 aliphatic carbocycles. The number of nitrogens with one attached hydrogen (secondary N) is 2. The topological polar surface area (TPSA) is 33.3 Å². The molecule has 3 nitrogen and oxygen atoms in total. The van der Waals surface area contributed by atoms with Crippen molar-refractivity contribution in [2.24, 2.45) is 0 Å². The first-order valence-electron chi connectivity index (χ1n) is 7.14. The van der Waals surface area contributed by atoms with Gasteiger partial charge in [0.1, 0.15) is 5.75 Å². The Bertz CT molecular complexity index is 555. The molecule has 0 aromatic heterocycles. The molecule has 0 spiro atoms. The third-order valence-electron chi connectivity index (χ3n) is 2.86. The summed E-state index contributed by atoms with van der Waals surface area (Å²) in [5, 5.41) is 7.48. The number of hydrogen-bond donors (Lipinski definition) is 2. The van der Waals surface area contributed by atoms with Crippen LogP contribution in [0.15, 0.2) is 48.5 Å². The number of rotatable bonds is 7. The Kier molecular flexibility index (Phi) is 5.76. The number of hydrogen-bond acceptors (Lipinski definition) is 3. The highest BCUT2D eigenvalue weighted by molar-refractivity contribution is 6.30. The van der Waals surface area contributed by atoms with Gasteiger partial charge in [-0.1, -0.05) is 23.7 Å². The van der Waals surface area contributed by atoms with Crippen molar-refractivity contribution in [2.45, 2.75) is 20.0 Å². The van der Waals surface area contributed by atoms with Gasteiger partial charge in [0.2, 0.25) is 0 Å². The largest absolute Gasteiger partial charge is 0.489 e. The fourth-order valence-electron chi connectivity index (χ4n) is 1.94. The van der Waals surface area contributed by atoms with Crippen molar-refractivity contribution in [1.82, 2.24) is 0 Å². The summed E-state index contributed by atoms with van der Waals surface area (Å²) < 4.78 is 5.78. The molecule has 2 aromatic carbocycles. The molecule has 2 rings (SSSR count). The van der Waals surface area contributed by atoms with E-state index in [-0.39, 0.29) is 6.10 Å². The standard InChI is InChI=1S/C17H21ClN2O/c1-13(2)21-17-6-4-3-5-16(17)20-12-11-19-15-9-7-14(18)8-10-15/h3-10,13,19-20H,11-12H2,1-2H3.